The van der Waals surface area contributed by atoms with Crippen LogP contribution in [0.15, 0.2) is 24.8 Å². The Balaban J connectivity index is 3.55. The van der Waals surface area contributed by atoms with E-state index in [9.17, 15) is 10.2 Å². The predicted octanol–water partition coefficient (Wildman–Crippen LogP) is 4.60. The number of hydrogen-bond acceptors (Lipinski definition) is 2. The highest BCUT2D eigenvalue weighted by atomic mass is 16.3. The van der Waals surface area contributed by atoms with Crippen LogP contribution in [0.5, 0.6) is 5.75 Å². The van der Waals surface area contributed by atoms with Crippen LogP contribution in [0.4, 0.5) is 0 Å². The number of phenolic OH excluding ortho intramolecular Hbond substituents is 1. The fraction of sp³-hybridized carbons (Fsp3) is 0.556. The Bertz CT molecular complexity index is 487. The van der Waals surface area contributed by atoms with Gasteiger partial charge in [0, 0.05) is 5.56 Å². The smallest absolute Gasteiger partial charge is 0.125 e. The van der Waals surface area contributed by atoms with E-state index in [1.807, 2.05) is 6.07 Å². The van der Waals surface area contributed by atoms with Crippen molar-refractivity contribution in [3.05, 3.63) is 41.5 Å². The van der Waals surface area contributed by atoms with Crippen LogP contribution in [0.2, 0.25) is 0 Å². The molecule has 2 N–H and O–H groups in total. The summed E-state index contributed by atoms with van der Waals surface area (Å²) in [5.41, 5.74) is 2.40. The van der Waals surface area contributed by atoms with E-state index >= 15 is 0 Å². The number of aliphatic hydroxyl groups excluding tert-OH is 1. The molecule has 2 heteroatoms. The summed E-state index contributed by atoms with van der Waals surface area (Å²) in [7, 11) is 0. The van der Waals surface area contributed by atoms with Gasteiger partial charge in [0.1, 0.15) is 5.75 Å². The van der Waals surface area contributed by atoms with Crippen LogP contribution in [0.3, 0.4) is 0 Å². The first-order valence-electron chi connectivity index (χ1n) is 7.15. The molecule has 1 unspecified atom stereocenters. The first-order valence-corrected chi connectivity index (χ1v) is 7.15. The molecule has 0 bridgehead atoms. The first-order chi connectivity index (χ1) is 8.98. The van der Waals surface area contributed by atoms with Crippen molar-refractivity contribution in [2.45, 2.75) is 64.9 Å². The lowest BCUT2D eigenvalue weighted by Crippen LogP contribution is -2.18. The van der Waals surface area contributed by atoms with Crippen LogP contribution < -0.4 is 0 Å². The van der Waals surface area contributed by atoms with Crippen molar-refractivity contribution >= 4 is 0 Å². The zero-order chi connectivity index (χ0) is 15.7. The number of aromatic hydroxyl groups is 1. The van der Waals surface area contributed by atoms with Gasteiger partial charge in [-0.2, -0.15) is 0 Å². The molecule has 0 saturated carbocycles. The highest BCUT2D eigenvalue weighted by Gasteiger charge is 2.26. The first kappa shape index (κ1) is 16.8. The van der Waals surface area contributed by atoms with Gasteiger partial charge >= 0.3 is 0 Å². The number of benzene rings is 1. The second kappa shape index (κ2) is 5.61. The molecule has 112 valence electrons. The van der Waals surface area contributed by atoms with Gasteiger partial charge in [-0.3, -0.25) is 0 Å². The quantitative estimate of drug-likeness (QED) is 0.792. The molecule has 0 saturated heterocycles. The Morgan fingerprint density at radius 2 is 1.65 bits per heavy atom. The van der Waals surface area contributed by atoms with E-state index in [0.29, 0.717) is 12.0 Å². The van der Waals surface area contributed by atoms with Gasteiger partial charge in [0.05, 0.1) is 6.10 Å². The molecule has 0 aliphatic heterocycles. The lowest BCUT2D eigenvalue weighted by Gasteiger charge is -2.28. The van der Waals surface area contributed by atoms with E-state index in [0.717, 1.165) is 11.1 Å². The zero-order valence-electron chi connectivity index (χ0n) is 13.6. The molecule has 1 rings (SSSR count). The third-order valence-electron chi connectivity index (χ3n) is 3.56. The Morgan fingerprint density at radius 3 is 2.05 bits per heavy atom. The van der Waals surface area contributed by atoms with Crippen molar-refractivity contribution in [3.63, 3.8) is 0 Å². The van der Waals surface area contributed by atoms with Crippen LogP contribution in [-0.4, -0.2) is 10.2 Å². The van der Waals surface area contributed by atoms with Crippen molar-refractivity contribution < 1.29 is 10.2 Å². The topological polar surface area (TPSA) is 40.5 Å². The number of hydrogen-bond donors (Lipinski definition) is 2. The maximum absolute atomic E-state index is 10.5. The molecular formula is C18H28O2. The van der Waals surface area contributed by atoms with E-state index in [4.69, 9.17) is 0 Å². The van der Waals surface area contributed by atoms with Crippen LogP contribution in [0.25, 0.3) is 0 Å². The van der Waals surface area contributed by atoms with Crippen LogP contribution in [0.1, 0.15) is 70.8 Å². The monoisotopic (exact) mass is 276 g/mol. The zero-order valence-corrected chi connectivity index (χ0v) is 13.6. The van der Waals surface area contributed by atoms with Gasteiger partial charge in [-0.05, 0) is 34.4 Å². The van der Waals surface area contributed by atoms with E-state index in [1.165, 1.54) is 0 Å². The second-order valence-corrected chi connectivity index (χ2v) is 7.50. The lowest BCUT2D eigenvalue weighted by atomic mass is 9.78. The molecule has 0 aliphatic rings. The highest BCUT2D eigenvalue weighted by molar-refractivity contribution is 5.49. The van der Waals surface area contributed by atoms with Crippen molar-refractivity contribution in [2.24, 2.45) is 0 Å². The third-order valence-corrected chi connectivity index (χ3v) is 3.56. The molecule has 1 atom stereocenters. The molecular weight excluding hydrogens is 248 g/mol. The molecule has 0 amide bonds. The van der Waals surface area contributed by atoms with Gasteiger partial charge in [0.15, 0.2) is 0 Å². The summed E-state index contributed by atoms with van der Waals surface area (Å²) in [6.07, 6.45) is 1.39. The predicted molar refractivity (Wildman–Crippen MR) is 85.3 cm³/mol. The third kappa shape index (κ3) is 3.63. The van der Waals surface area contributed by atoms with Crippen LogP contribution in [0, 0.1) is 0 Å². The minimum atomic E-state index is -0.712. The second-order valence-electron chi connectivity index (χ2n) is 7.50. The maximum Gasteiger partial charge on any atom is 0.125 e. The van der Waals surface area contributed by atoms with Crippen LogP contribution >= 0.6 is 0 Å². The molecule has 1 aromatic carbocycles. The van der Waals surface area contributed by atoms with Crippen molar-refractivity contribution in [2.75, 3.05) is 0 Å². The standard InChI is InChI=1S/C18H28O2/c1-8-9-15(19)13-10-12(17(2,3)4)11-14(16(13)20)18(5,6)7/h8,10-11,15,19-20H,1,9H2,2-7H3. The maximum atomic E-state index is 10.5. The largest absolute Gasteiger partial charge is 0.507 e. The van der Waals surface area contributed by atoms with Gasteiger partial charge in [0.25, 0.3) is 0 Å². The van der Waals surface area contributed by atoms with Crippen molar-refractivity contribution in [1.29, 1.82) is 0 Å². The van der Waals surface area contributed by atoms with Gasteiger partial charge in [-0.25, -0.2) is 0 Å². The van der Waals surface area contributed by atoms with Gasteiger partial charge in [0.2, 0.25) is 0 Å². The minimum absolute atomic E-state index is 0.0314. The molecule has 0 radical (unpaired) electrons. The summed E-state index contributed by atoms with van der Waals surface area (Å²) in [6, 6.07) is 3.97. The summed E-state index contributed by atoms with van der Waals surface area (Å²) in [5, 5.41) is 20.8. The number of rotatable bonds is 3. The van der Waals surface area contributed by atoms with E-state index in [2.05, 4.69) is 54.2 Å². The normalized spacial score (nSPS) is 14.2. The lowest BCUT2D eigenvalue weighted by molar-refractivity contribution is 0.177. The summed E-state index contributed by atoms with van der Waals surface area (Å²) >= 11 is 0. The Labute approximate surface area is 123 Å². The van der Waals surface area contributed by atoms with E-state index in [-0.39, 0.29) is 16.6 Å². The highest BCUT2D eigenvalue weighted by Crippen LogP contribution is 2.40. The number of aliphatic hydroxyl groups is 1. The Morgan fingerprint density at radius 1 is 1.10 bits per heavy atom. The fourth-order valence-electron chi connectivity index (χ4n) is 2.20. The molecule has 0 heterocycles. The average molecular weight is 276 g/mol. The molecule has 20 heavy (non-hydrogen) atoms. The van der Waals surface area contributed by atoms with E-state index in [1.54, 1.807) is 6.08 Å². The van der Waals surface area contributed by atoms with E-state index < -0.39 is 6.10 Å². The fourth-order valence-corrected chi connectivity index (χ4v) is 2.20. The summed E-state index contributed by atoms with van der Waals surface area (Å²) in [6.45, 7) is 16.3. The average Bonchev–Trinajstić information content (AvgIpc) is 2.26. The van der Waals surface area contributed by atoms with Crippen molar-refractivity contribution in [3.8, 4) is 5.75 Å². The van der Waals surface area contributed by atoms with Crippen LogP contribution in [-0.2, 0) is 10.8 Å². The Hall–Kier alpha value is -1.28. The van der Waals surface area contributed by atoms with Crippen molar-refractivity contribution in [1.82, 2.24) is 0 Å². The minimum Gasteiger partial charge on any atom is -0.507 e. The number of phenols is 1. The molecule has 2 nitrogen and oxygen atoms in total. The Kier molecular flexibility index (Phi) is 4.70. The molecule has 1 aromatic rings. The molecule has 0 spiro atoms. The van der Waals surface area contributed by atoms with Gasteiger partial charge in [-0.1, -0.05) is 53.7 Å². The molecule has 0 aliphatic carbocycles. The molecule has 0 aromatic heterocycles. The summed E-state index contributed by atoms with van der Waals surface area (Å²) < 4.78 is 0. The SMILES string of the molecule is C=CCC(O)c1cc(C(C)(C)C)cc(C(C)(C)C)c1O. The summed E-state index contributed by atoms with van der Waals surface area (Å²) in [4.78, 5) is 0. The van der Waals surface area contributed by atoms with Gasteiger partial charge < -0.3 is 10.2 Å². The summed E-state index contributed by atoms with van der Waals surface area (Å²) in [5.74, 6) is 0.208. The van der Waals surface area contributed by atoms with Gasteiger partial charge in [-0.15, -0.1) is 6.58 Å². The molecule has 0 fully saturated rings.